The van der Waals surface area contributed by atoms with Crippen molar-refractivity contribution in [2.45, 2.75) is 26.8 Å². The molecule has 0 unspecified atom stereocenters. The maximum Gasteiger partial charge on any atom is 0.282 e. The van der Waals surface area contributed by atoms with Gasteiger partial charge in [0.05, 0.1) is 22.0 Å². The van der Waals surface area contributed by atoms with E-state index in [0.717, 1.165) is 11.1 Å². The number of hydrogen-bond donors (Lipinski definition) is 0. The van der Waals surface area contributed by atoms with Gasteiger partial charge in [-0.15, -0.1) is 11.3 Å². The number of hydrogen-bond acceptors (Lipinski definition) is 8. The summed E-state index contributed by atoms with van der Waals surface area (Å²) in [6.07, 6.45) is 0. The van der Waals surface area contributed by atoms with Crippen LogP contribution in [0, 0.1) is 24.0 Å². The molecule has 0 saturated heterocycles. The summed E-state index contributed by atoms with van der Waals surface area (Å²) in [4.78, 5) is 27.9. The van der Waals surface area contributed by atoms with Gasteiger partial charge in [0.2, 0.25) is 5.13 Å². The minimum Gasteiger partial charge on any atom is -0.269 e. The Balaban J connectivity index is 1.56. The first-order valence-electron chi connectivity index (χ1n) is 9.41. The summed E-state index contributed by atoms with van der Waals surface area (Å²) < 4.78 is 0. The highest BCUT2D eigenvalue weighted by atomic mass is 32.1. The second-order valence-electron chi connectivity index (χ2n) is 7.12. The number of rotatable bonds is 5. The average Bonchev–Trinajstić information content (AvgIpc) is 3.33. The molecule has 0 saturated carbocycles. The lowest BCUT2D eigenvalue weighted by Gasteiger charge is -2.08. The molecule has 9 nitrogen and oxygen atoms in total. The van der Waals surface area contributed by atoms with Crippen molar-refractivity contribution in [1.82, 2.24) is 4.98 Å². The molecule has 0 bridgehead atoms. The van der Waals surface area contributed by atoms with Gasteiger partial charge in [0, 0.05) is 23.1 Å². The molecule has 1 aliphatic heterocycles. The number of nitro benzene ring substituents is 1. The van der Waals surface area contributed by atoms with Crippen molar-refractivity contribution >= 4 is 39.5 Å². The number of carbonyl (C=O) groups excluding carboxylic acids is 1. The first kappa shape index (κ1) is 20.5. The lowest BCUT2D eigenvalue weighted by atomic mass is 10.1. The zero-order valence-corrected chi connectivity index (χ0v) is 17.8. The van der Waals surface area contributed by atoms with Crippen LogP contribution in [-0.2, 0) is 4.79 Å². The van der Waals surface area contributed by atoms with E-state index in [2.05, 4.69) is 20.3 Å². The summed E-state index contributed by atoms with van der Waals surface area (Å²) in [7, 11) is 0. The number of azo groups is 1. The van der Waals surface area contributed by atoms with E-state index in [-0.39, 0.29) is 11.6 Å². The molecule has 0 N–H and O–H groups in total. The summed E-state index contributed by atoms with van der Waals surface area (Å²) in [5.74, 6) is -0.342. The Hall–Kier alpha value is -3.79. The topological polar surface area (TPSA) is 113 Å². The number of thiazole rings is 1. The predicted molar refractivity (Wildman–Crippen MR) is 119 cm³/mol. The van der Waals surface area contributed by atoms with Crippen LogP contribution < -0.4 is 5.01 Å². The summed E-state index contributed by atoms with van der Waals surface area (Å²) >= 11 is 1.23. The van der Waals surface area contributed by atoms with Crippen molar-refractivity contribution in [3.05, 3.63) is 69.1 Å². The van der Waals surface area contributed by atoms with E-state index in [1.54, 1.807) is 24.4 Å². The zero-order valence-electron chi connectivity index (χ0n) is 17.0. The molecule has 1 atom stereocenters. The molecule has 0 radical (unpaired) electrons. The summed E-state index contributed by atoms with van der Waals surface area (Å²) in [6.45, 7) is 5.66. The minimum atomic E-state index is -0.814. The Morgan fingerprint density at radius 1 is 1.16 bits per heavy atom. The van der Waals surface area contributed by atoms with E-state index >= 15 is 0 Å². The van der Waals surface area contributed by atoms with Crippen LogP contribution in [0.15, 0.2) is 63.2 Å². The molecule has 4 rings (SSSR count). The van der Waals surface area contributed by atoms with Crippen molar-refractivity contribution in [2.75, 3.05) is 5.01 Å². The van der Waals surface area contributed by atoms with Crippen LogP contribution in [0.4, 0.5) is 16.5 Å². The summed E-state index contributed by atoms with van der Waals surface area (Å²) in [6, 6.07) is 11.2. The molecule has 0 spiro atoms. The smallest absolute Gasteiger partial charge is 0.269 e. The third-order valence-corrected chi connectivity index (χ3v) is 5.57. The van der Waals surface area contributed by atoms with E-state index in [4.69, 9.17) is 0 Å². The maximum atomic E-state index is 12.9. The van der Waals surface area contributed by atoms with Crippen molar-refractivity contribution in [1.29, 1.82) is 0 Å². The first-order chi connectivity index (χ1) is 14.8. The molecular formula is C21H18N6O3S. The molecule has 0 fully saturated rings. The Bertz CT molecular complexity index is 1250. The number of aryl methyl sites for hydroxylation is 2. The lowest BCUT2D eigenvalue weighted by Crippen LogP contribution is -2.29. The number of amides is 1. The van der Waals surface area contributed by atoms with Crippen LogP contribution >= 0.6 is 11.3 Å². The lowest BCUT2D eigenvalue weighted by molar-refractivity contribution is -0.384. The largest absolute Gasteiger partial charge is 0.282 e. The van der Waals surface area contributed by atoms with Gasteiger partial charge < -0.3 is 0 Å². The van der Waals surface area contributed by atoms with Crippen molar-refractivity contribution in [2.24, 2.45) is 15.3 Å². The normalized spacial score (nSPS) is 16.2. The van der Waals surface area contributed by atoms with Crippen LogP contribution in [-0.4, -0.2) is 27.6 Å². The maximum absolute atomic E-state index is 12.9. The van der Waals surface area contributed by atoms with Gasteiger partial charge in [-0.2, -0.15) is 20.3 Å². The Morgan fingerprint density at radius 2 is 1.97 bits per heavy atom. The third kappa shape index (κ3) is 4.10. The van der Waals surface area contributed by atoms with Gasteiger partial charge in [-0.25, -0.2) is 4.98 Å². The van der Waals surface area contributed by atoms with Crippen LogP contribution in [0.2, 0.25) is 0 Å². The molecule has 0 aliphatic carbocycles. The van der Waals surface area contributed by atoms with Gasteiger partial charge in [-0.05, 0) is 32.4 Å². The molecule has 1 aromatic heterocycles. The second-order valence-corrected chi connectivity index (χ2v) is 7.96. The number of nitrogens with zero attached hydrogens (tertiary/aromatic N) is 6. The molecule has 3 aromatic rings. The highest BCUT2D eigenvalue weighted by Crippen LogP contribution is 2.32. The summed E-state index contributed by atoms with van der Waals surface area (Å²) in [5.41, 5.74) is 4.42. The number of carbonyl (C=O) groups is 1. The Labute approximate surface area is 181 Å². The van der Waals surface area contributed by atoms with E-state index in [9.17, 15) is 14.9 Å². The standard InChI is InChI=1S/C21H18N6O3S/c1-12-7-8-17(13(2)9-12)23-24-19-14(3)25-26(20(19)28)21-22-18(11-31-21)15-5-4-6-16(10-15)27(29)30/h4-11,19H,1-3H3/t19-/m1/s1. The molecule has 156 valence electrons. The molecule has 31 heavy (non-hydrogen) atoms. The highest BCUT2D eigenvalue weighted by molar-refractivity contribution is 7.14. The highest BCUT2D eigenvalue weighted by Gasteiger charge is 2.36. The Morgan fingerprint density at radius 3 is 2.71 bits per heavy atom. The molecule has 10 heteroatoms. The summed E-state index contributed by atoms with van der Waals surface area (Å²) in [5, 5.41) is 27.1. The van der Waals surface area contributed by atoms with Gasteiger partial charge >= 0.3 is 0 Å². The SMILES string of the molecule is CC1=NN(c2nc(-c3cccc([N+](=O)[O-])c3)cs2)C(=O)[C@@H]1N=Nc1ccc(C)cc1C. The molecule has 2 aromatic carbocycles. The number of benzene rings is 2. The van der Waals surface area contributed by atoms with Crippen molar-refractivity contribution in [3.8, 4) is 11.3 Å². The van der Waals surface area contributed by atoms with Crippen LogP contribution in [0.25, 0.3) is 11.3 Å². The van der Waals surface area contributed by atoms with E-state index in [0.29, 0.717) is 27.8 Å². The number of non-ortho nitro benzene ring substituents is 1. The fourth-order valence-corrected chi connectivity index (χ4v) is 3.92. The second kappa shape index (κ2) is 8.15. The van der Waals surface area contributed by atoms with Crippen LogP contribution in [0.3, 0.4) is 0 Å². The van der Waals surface area contributed by atoms with Crippen molar-refractivity contribution in [3.63, 3.8) is 0 Å². The van der Waals surface area contributed by atoms with E-state index < -0.39 is 11.0 Å². The average molecular weight is 434 g/mol. The van der Waals surface area contributed by atoms with Crippen LogP contribution in [0.1, 0.15) is 18.1 Å². The first-order valence-corrected chi connectivity index (χ1v) is 10.3. The van der Waals surface area contributed by atoms with Gasteiger partial charge in [-0.3, -0.25) is 14.9 Å². The van der Waals surface area contributed by atoms with E-state index in [1.165, 1.54) is 28.5 Å². The molecule has 1 aliphatic rings. The van der Waals surface area contributed by atoms with Gasteiger partial charge in [-0.1, -0.05) is 29.8 Å². The van der Waals surface area contributed by atoms with Crippen molar-refractivity contribution < 1.29 is 9.72 Å². The molecule has 2 heterocycles. The predicted octanol–water partition coefficient (Wildman–Crippen LogP) is 5.21. The fraction of sp³-hybridized carbons (Fsp3) is 0.190. The Kier molecular flexibility index (Phi) is 5.38. The van der Waals surface area contributed by atoms with Gasteiger partial charge in [0.25, 0.3) is 11.6 Å². The number of aromatic nitrogens is 1. The zero-order chi connectivity index (χ0) is 22.1. The number of hydrazone groups is 1. The third-order valence-electron chi connectivity index (χ3n) is 4.76. The molecule has 1 amide bonds. The fourth-order valence-electron chi connectivity index (χ4n) is 3.14. The number of anilines is 1. The molecular weight excluding hydrogens is 416 g/mol. The van der Waals surface area contributed by atoms with Crippen LogP contribution in [0.5, 0.6) is 0 Å². The monoisotopic (exact) mass is 434 g/mol. The van der Waals surface area contributed by atoms with E-state index in [1.807, 2.05) is 32.0 Å². The van der Waals surface area contributed by atoms with Gasteiger partial charge in [0.15, 0.2) is 6.04 Å². The van der Waals surface area contributed by atoms with Gasteiger partial charge in [0.1, 0.15) is 0 Å². The minimum absolute atomic E-state index is 0.0231. The quantitative estimate of drug-likeness (QED) is 0.311. The number of nitro groups is 1.